The van der Waals surface area contributed by atoms with Gasteiger partial charge in [-0.1, -0.05) is 42.5 Å². The topological polar surface area (TPSA) is 71.1 Å². The Labute approximate surface area is 152 Å². The predicted molar refractivity (Wildman–Crippen MR) is 102 cm³/mol. The highest BCUT2D eigenvalue weighted by Gasteiger charge is 2.14. The maximum absolute atomic E-state index is 9.32. The van der Waals surface area contributed by atoms with Crippen LogP contribution in [-0.2, 0) is 0 Å². The molecule has 1 heterocycles. The van der Waals surface area contributed by atoms with Crippen molar-refractivity contribution in [1.29, 1.82) is 5.26 Å². The van der Waals surface area contributed by atoms with E-state index >= 15 is 0 Å². The van der Waals surface area contributed by atoms with Gasteiger partial charge in [0.2, 0.25) is 17.5 Å². The zero-order valence-electron chi connectivity index (χ0n) is 14.6. The Bertz CT molecular complexity index is 939. The van der Waals surface area contributed by atoms with E-state index < -0.39 is 0 Å². The number of nitrogens with one attached hydrogen (secondary N) is 1. The van der Waals surface area contributed by atoms with E-state index in [2.05, 4.69) is 16.4 Å². The van der Waals surface area contributed by atoms with E-state index in [9.17, 15) is 5.26 Å². The van der Waals surface area contributed by atoms with E-state index in [1.54, 1.807) is 13.2 Å². The summed E-state index contributed by atoms with van der Waals surface area (Å²) in [6.45, 7) is 2.00. The number of nitrogens with zero attached hydrogens (tertiary/aromatic N) is 2. The fourth-order valence-corrected chi connectivity index (χ4v) is 2.52. The lowest BCUT2D eigenvalue weighted by Gasteiger charge is -2.12. The number of anilines is 1. The molecule has 0 aliphatic carbocycles. The fraction of sp³-hybridized carbons (Fsp3) is 0.143. The van der Waals surface area contributed by atoms with Crippen molar-refractivity contribution in [3.05, 3.63) is 77.3 Å². The Kier molecular flexibility index (Phi) is 5.35. The van der Waals surface area contributed by atoms with E-state index in [0.29, 0.717) is 11.8 Å². The average molecular weight is 345 g/mol. The number of aromatic nitrogens is 1. The molecule has 1 N–H and O–H groups in total. The highest BCUT2D eigenvalue weighted by Crippen LogP contribution is 2.24. The molecule has 0 aliphatic heterocycles. The van der Waals surface area contributed by atoms with Gasteiger partial charge in [0, 0.05) is 6.08 Å². The summed E-state index contributed by atoms with van der Waals surface area (Å²) >= 11 is 0. The largest absolute Gasteiger partial charge is 0.497 e. The molecule has 5 heteroatoms. The Morgan fingerprint density at radius 2 is 1.96 bits per heavy atom. The van der Waals surface area contributed by atoms with Crippen LogP contribution in [-0.4, -0.2) is 12.1 Å². The van der Waals surface area contributed by atoms with Gasteiger partial charge < -0.3 is 14.5 Å². The maximum atomic E-state index is 9.32. The number of rotatable bonds is 6. The van der Waals surface area contributed by atoms with Crippen molar-refractivity contribution in [2.45, 2.75) is 13.0 Å². The third-order valence-electron chi connectivity index (χ3n) is 3.91. The van der Waals surface area contributed by atoms with Crippen LogP contribution in [0.2, 0.25) is 0 Å². The Hall–Kier alpha value is -3.52. The number of nitriles is 1. The second kappa shape index (κ2) is 8.04. The van der Waals surface area contributed by atoms with Crippen molar-refractivity contribution >= 4 is 18.0 Å². The predicted octanol–water partition coefficient (Wildman–Crippen LogP) is 4.90. The van der Waals surface area contributed by atoms with Gasteiger partial charge in [-0.05, 0) is 36.3 Å². The smallest absolute Gasteiger partial charge is 0.233 e. The Morgan fingerprint density at radius 1 is 1.15 bits per heavy atom. The van der Waals surface area contributed by atoms with Gasteiger partial charge in [-0.25, -0.2) is 0 Å². The summed E-state index contributed by atoms with van der Waals surface area (Å²) in [5, 5.41) is 12.5. The molecule has 1 atom stereocenters. The number of ether oxygens (including phenoxy) is 1. The molecular formula is C21H19N3O2. The van der Waals surface area contributed by atoms with Gasteiger partial charge in [-0.3, -0.25) is 0 Å². The minimum Gasteiger partial charge on any atom is -0.497 e. The first-order valence-electron chi connectivity index (χ1n) is 8.24. The molecule has 0 saturated heterocycles. The molecule has 26 heavy (non-hydrogen) atoms. The van der Waals surface area contributed by atoms with Crippen molar-refractivity contribution in [2.75, 3.05) is 12.4 Å². The molecule has 2 aromatic carbocycles. The summed E-state index contributed by atoms with van der Waals surface area (Å²) in [6, 6.07) is 19.6. The first-order chi connectivity index (χ1) is 12.7. The van der Waals surface area contributed by atoms with Crippen LogP contribution < -0.4 is 10.1 Å². The van der Waals surface area contributed by atoms with Crippen molar-refractivity contribution in [3.63, 3.8) is 0 Å². The van der Waals surface area contributed by atoms with Crippen LogP contribution in [0.5, 0.6) is 5.75 Å². The number of methoxy groups -OCH3 is 1. The van der Waals surface area contributed by atoms with Crippen molar-refractivity contribution < 1.29 is 9.15 Å². The van der Waals surface area contributed by atoms with Crippen LogP contribution in [0.3, 0.4) is 0 Å². The summed E-state index contributed by atoms with van der Waals surface area (Å²) in [5.41, 5.74) is 2.28. The van der Waals surface area contributed by atoms with Gasteiger partial charge in [0.25, 0.3) is 0 Å². The number of benzene rings is 2. The van der Waals surface area contributed by atoms with Crippen LogP contribution in [0.25, 0.3) is 12.2 Å². The molecule has 0 spiro atoms. The number of hydrogen-bond acceptors (Lipinski definition) is 5. The molecule has 0 radical (unpaired) electrons. The van der Waals surface area contributed by atoms with E-state index in [4.69, 9.17) is 9.15 Å². The molecule has 0 fully saturated rings. The summed E-state index contributed by atoms with van der Waals surface area (Å²) in [4.78, 5) is 4.22. The van der Waals surface area contributed by atoms with Crippen LogP contribution in [0.1, 0.15) is 35.7 Å². The minimum absolute atomic E-state index is 0.00790. The van der Waals surface area contributed by atoms with Gasteiger partial charge in [0.1, 0.15) is 11.8 Å². The zero-order valence-corrected chi connectivity index (χ0v) is 14.6. The van der Waals surface area contributed by atoms with E-state index in [-0.39, 0.29) is 11.7 Å². The lowest BCUT2D eigenvalue weighted by Crippen LogP contribution is -2.06. The van der Waals surface area contributed by atoms with Gasteiger partial charge in [-0.2, -0.15) is 10.2 Å². The van der Waals surface area contributed by atoms with Gasteiger partial charge >= 0.3 is 0 Å². The van der Waals surface area contributed by atoms with E-state index in [1.807, 2.05) is 67.6 Å². The van der Waals surface area contributed by atoms with Gasteiger partial charge in [0.05, 0.1) is 13.2 Å². The van der Waals surface area contributed by atoms with Crippen LogP contribution >= 0.6 is 0 Å². The van der Waals surface area contributed by atoms with Gasteiger partial charge in [-0.15, -0.1) is 0 Å². The molecule has 0 aliphatic rings. The van der Waals surface area contributed by atoms with E-state index in [1.165, 1.54) is 0 Å². The summed E-state index contributed by atoms with van der Waals surface area (Å²) in [7, 11) is 1.63. The monoisotopic (exact) mass is 345 g/mol. The van der Waals surface area contributed by atoms with E-state index in [0.717, 1.165) is 16.9 Å². The molecule has 5 nitrogen and oxygen atoms in total. The molecule has 0 amide bonds. The number of oxazole rings is 1. The quantitative estimate of drug-likeness (QED) is 0.688. The van der Waals surface area contributed by atoms with Crippen LogP contribution in [0, 0.1) is 11.3 Å². The molecule has 130 valence electrons. The first-order valence-corrected chi connectivity index (χ1v) is 8.24. The SMILES string of the molecule is COc1cccc(/C=C/c2nc(C#N)c(N[C@@H](C)c3ccccc3)o2)c1. The molecule has 1 aromatic heterocycles. The molecule has 3 rings (SSSR count). The average Bonchev–Trinajstić information content (AvgIpc) is 3.09. The highest BCUT2D eigenvalue weighted by atomic mass is 16.5. The molecule has 3 aromatic rings. The van der Waals surface area contributed by atoms with Crippen LogP contribution in [0.4, 0.5) is 5.88 Å². The molecule has 0 saturated carbocycles. The van der Waals surface area contributed by atoms with Crippen LogP contribution in [0.15, 0.2) is 59.0 Å². The second-order valence-corrected chi connectivity index (χ2v) is 5.73. The maximum Gasteiger partial charge on any atom is 0.233 e. The highest BCUT2D eigenvalue weighted by molar-refractivity contribution is 5.68. The lowest BCUT2D eigenvalue weighted by atomic mass is 10.1. The summed E-state index contributed by atoms with van der Waals surface area (Å²) < 4.78 is 10.9. The Balaban J connectivity index is 1.78. The third-order valence-corrected chi connectivity index (χ3v) is 3.91. The second-order valence-electron chi connectivity index (χ2n) is 5.73. The molecule has 0 bridgehead atoms. The third kappa shape index (κ3) is 4.11. The molecule has 0 unspecified atom stereocenters. The zero-order chi connectivity index (χ0) is 18.4. The van der Waals surface area contributed by atoms with Crippen molar-refractivity contribution in [3.8, 4) is 11.8 Å². The lowest BCUT2D eigenvalue weighted by molar-refractivity contribution is 0.414. The standard InChI is InChI=1S/C21H19N3O2/c1-15(17-8-4-3-5-9-17)23-21-19(14-22)24-20(26-21)12-11-16-7-6-10-18(13-16)25-2/h3-13,15,23H,1-2H3/b12-11+/t15-/m0/s1. The fourth-order valence-electron chi connectivity index (χ4n) is 2.52. The Morgan fingerprint density at radius 3 is 2.69 bits per heavy atom. The van der Waals surface area contributed by atoms with Gasteiger partial charge in [0.15, 0.2) is 0 Å². The normalized spacial score (nSPS) is 11.9. The van der Waals surface area contributed by atoms with Crippen molar-refractivity contribution in [2.24, 2.45) is 0 Å². The number of hydrogen-bond donors (Lipinski definition) is 1. The molecular weight excluding hydrogens is 326 g/mol. The minimum atomic E-state index is -0.00790. The first kappa shape index (κ1) is 17.3. The summed E-state index contributed by atoms with van der Waals surface area (Å²) in [6.07, 6.45) is 3.59. The van der Waals surface area contributed by atoms with Crippen molar-refractivity contribution in [1.82, 2.24) is 4.98 Å². The summed E-state index contributed by atoms with van der Waals surface area (Å²) in [5.74, 6) is 1.51.